The zero-order valence-electron chi connectivity index (χ0n) is 17.3. The predicted octanol–water partition coefficient (Wildman–Crippen LogP) is 3.37. The van der Waals surface area contributed by atoms with Gasteiger partial charge in [-0.25, -0.2) is 18.5 Å². The summed E-state index contributed by atoms with van der Waals surface area (Å²) in [6, 6.07) is 5.30. The average molecular weight is 439 g/mol. The van der Waals surface area contributed by atoms with Crippen LogP contribution in [0.25, 0.3) is 11.0 Å². The van der Waals surface area contributed by atoms with Crippen molar-refractivity contribution in [2.24, 2.45) is 5.14 Å². The number of amides is 1. The molecule has 1 aliphatic heterocycles. The van der Waals surface area contributed by atoms with Crippen LogP contribution in [-0.4, -0.2) is 46.6 Å². The Morgan fingerprint density at radius 1 is 1.28 bits per heavy atom. The minimum Gasteiger partial charge on any atom is -0.337 e. The molecule has 0 spiro atoms. The molecule has 0 saturated carbocycles. The summed E-state index contributed by atoms with van der Waals surface area (Å²) in [5.74, 6) is 0.459. The van der Waals surface area contributed by atoms with E-state index < -0.39 is 10.0 Å². The number of nitrogens with two attached hydrogens (primary N) is 1. The highest BCUT2D eigenvalue weighted by Crippen LogP contribution is 2.28. The third kappa shape index (κ3) is 4.95. The van der Waals surface area contributed by atoms with Gasteiger partial charge >= 0.3 is 0 Å². The number of carbonyl (C=O) groups is 1. The molecule has 3 rings (SSSR count). The molecular weight excluding hydrogens is 408 g/mol. The van der Waals surface area contributed by atoms with E-state index in [0.29, 0.717) is 11.3 Å². The number of sulfonamides is 1. The molecule has 2 N–H and O–H groups in total. The van der Waals surface area contributed by atoms with E-state index in [0.717, 1.165) is 42.9 Å². The van der Waals surface area contributed by atoms with Gasteiger partial charge in [0.15, 0.2) is 5.16 Å². The number of primary sulfonamides is 1. The number of fused-ring (bicyclic) bond motifs is 1. The highest BCUT2D eigenvalue weighted by Gasteiger charge is 2.29. The summed E-state index contributed by atoms with van der Waals surface area (Å²) in [5, 5.41) is 6.00. The summed E-state index contributed by atoms with van der Waals surface area (Å²) in [6.07, 6.45) is 5.27. The van der Waals surface area contributed by atoms with Gasteiger partial charge in [0.2, 0.25) is 15.9 Å². The highest BCUT2D eigenvalue weighted by atomic mass is 32.2. The van der Waals surface area contributed by atoms with Crippen molar-refractivity contribution in [3.05, 3.63) is 18.2 Å². The van der Waals surface area contributed by atoms with Gasteiger partial charge in [-0.3, -0.25) is 4.79 Å². The van der Waals surface area contributed by atoms with Crippen molar-refractivity contribution >= 4 is 38.7 Å². The maximum atomic E-state index is 12.9. The number of aryl methyl sites for hydroxylation is 1. The highest BCUT2D eigenvalue weighted by molar-refractivity contribution is 7.99. The zero-order chi connectivity index (χ0) is 21.2. The maximum Gasteiger partial charge on any atom is 0.238 e. The lowest BCUT2D eigenvalue weighted by atomic mass is 9.98. The molecule has 2 atom stereocenters. The number of rotatable bonds is 7. The van der Waals surface area contributed by atoms with Crippen LogP contribution in [0, 0.1) is 0 Å². The number of likely N-dealkylation sites (tertiary alicyclic amines) is 1. The molecule has 2 aromatic rings. The minimum atomic E-state index is -3.78. The topological polar surface area (TPSA) is 98.3 Å². The second-order valence-electron chi connectivity index (χ2n) is 7.81. The van der Waals surface area contributed by atoms with Crippen LogP contribution in [0.1, 0.15) is 52.9 Å². The predicted molar refractivity (Wildman–Crippen MR) is 116 cm³/mol. The fourth-order valence-electron chi connectivity index (χ4n) is 4.02. The number of thioether (sulfide) groups is 1. The minimum absolute atomic E-state index is 0.0498. The zero-order valence-corrected chi connectivity index (χ0v) is 18.9. The number of benzene rings is 1. The van der Waals surface area contributed by atoms with Crippen LogP contribution in [-0.2, 0) is 21.4 Å². The summed E-state index contributed by atoms with van der Waals surface area (Å²) in [6.45, 7) is 7.12. The smallest absolute Gasteiger partial charge is 0.238 e. The number of unbranched alkanes of at least 4 members (excludes halogenated alkanes) is 1. The van der Waals surface area contributed by atoms with Gasteiger partial charge < -0.3 is 9.47 Å². The lowest BCUT2D eigenvalue weighted by Gasteiger charge is -2.39. The molecule has 0 bridgehead atoms. The van der Waals surface area contributed by atoms with E-state index >= 15 is 0 Å². The number of hydrogen-bond donors (Lipinski definition) is 1. The van der Waals surface area contributed by atoms with Crippen LogP contribution in [0.2, 0.25) is 0 Å². The van der Waals surface area contributed by atoms with Crippen molar-refractivity contribution in [1.82, 2.24) is 14.5 Å². The molecule has 1 fully saturated rings. The molecule has 29 heavy (non-hydrogen) atoms. The number of imidazole rings is 1. The normalized spacial score (nSPS) is 20.3. The van der Waals surface area contributed by atoms with Gasteiger partial charge in [0.1, 0.15) is 0 Å². The van der Waals surface area contributed by atoms with E-state index in [4.69, 9.17) is 5.14 Å². The Hall–Kier alpha value is -1.58. The van der Waals surface area contributed by atoms with E-state index in [1.165, 1.54) is 30.3 Å². The van der Waals surface area contributed by atoms with Gasteiger partial charge in [0.05, 0.1) is 21.7 Å². The van der Waals surface area contributed by atoms with E-state index in [9.17, 15) is 13.2 Å². The molecule has 0 radical (unpaired) electrons. The fourth-order valence-corrected chi connectivity index (χ4v) is 5.46. The SMILES string of the molecule is CCCCn1c(SCC(=O)N2[C@H](C)CCC[C@@H]2C)nc2cc(S(N)(=O)=O)ccc21. The van der Waals surface area contributed by atoms with Gasteiger partial charge in [-0.05, 0) is 57.7 Å². The van der Waals surface area contributed by atoms with E-state index in [1.54, 1.807) is 6.07 Å². The molecule has 1 saturated heterocycles. The number of carbonyl (C=O) groups excluding carboxylic acids is 1. The quantitative estimate of drug-likeness (QED) is 0.668. The average Bonchev–Trinajstić information content (AvgIpc) is 3.00. The van der Waals surface area contributed by atoms with Crippen molar-refractivity contribution in [2.75, 3.05) is 5.75 Å². The van der Waals surface area contributed by atoms with E-state index in [2.05, 4.69) is 30.3 Å². The van der Waals surface area contributed by atoms with Gasteiger partial charge in [-0.1, -0.05) is 25.1 Å². The third-order valence-corrected chi connectivity index (χ3v) is 7.43. The van der Waals surface area contributed by atoms with Crippen molar-refractivity contribution in [1.29, 1.82) is 0 Å². The Morgan fingerprint density at radius 2 is 1.97 bits per heavy atom. The standard InChI is InChI=1S/C20H30N4O3S2/c1-4-5-11-23-18-10-9-16(29(21,26)27)12-17(18)22-20(23)28-13-19(25)24-14(2)7-6-8-15(24)3/h9-10,12,14-15H,4-8,11,13H2,1-3H3,(H2,21,26,27)/t14-,15+. The second-order valence-corrected chi connectivity index (χ2v) is 10.3. The Labute approximate surface area is 177 Å². The number of aromatic nitrogens is 2. The summed E-state index contributed by atoms with van der Waals surface area (Å²) in [7, 11) is -3.78. The second kappa shape index (κ2) is 9.06. The van der Waals surface area contributed by atoms with Gasteiger partial charge in [0, 0.05) is 18.6 Å². The summed E-state index contributed by atoms with van der Waals surface area (Å²) in [5.41, 5.74) is 1.45. The molecule has 0 unspecified atom stereocenters. The third-order valence-electron chi connectivity index (χ3n) is 5.55. The molecule has 1 amide bonds. The van der Waals surface area contributed by atoms with E-state index in [1.807, 2.05) is 4.90 Å². The molecular formula is C20H30N4O3S2. The molecule has 9 heteroatoms. The summed E-state index contributed by atoms with van der Waals surface area (Å²) >= 11 is 1.42. The number of hydrogen-bond acceptors (Lipinski definition) is 5. The van der Waals surface area contributed by atoms with Gasteiger partial charge in [-0.15, -0.1) is 0 Å². The van der Waals surface area contributed by atoms with Crippen LogP contribution in [0.4, 0.5) is 0 Å². The monoisotopic (exact) mass is 438 g/mol. The summed E-state index contributed by atoms with van der Waals surface area (Å²) < 4.78 is 25.4. The Bertz CT molecular complexity index is 977. The number of nitrogens with zero attached hydrogens (tertiary/aromatic N) is 3. The van der Waals surface area contributed by atoms with Crippen molar-refractivity contribution in [3.8, 4) is 0 Å². The largest absolute Gasteiger partial charge is 0.337 e. The number of piperidine rings is 1. The first-order chi connectivity index (χ1) is 13.7. The Kier molecular flexibility index (Phi) is 6.90. The van der Waals surface area contributed by atoms with Crippen molar-refractivity contribution < 1.29 is 13.2 Å². The van der Waals surface area contributed by atoms with Gasteiger partial charge in [-0.2, -0.15) is 0 Å². The lowest BCUT2D eigenvalue weighted by Crippen LogP contribution is -2.48. The maximum absolute atomic E-state index is 12.9. The van der Waals surface area contributed by atoms with Crippen molar-refractivity contribution in [2.45, 2.75) is 81.6 Å². The van der Waals surface area contributed by atoms with Crippen LogP contribution >= 0.6 is 11.8 Å². The van der Waals surface area contributed by atoms with Gasteiger partial charge in [0.25, 0.3) is 0 Å². The Morgan fingerprint density at radius 3 is 2.59 bits per heavy atom. The van der Waals surface area contributed by atoms with E-state index in [-0.39, 0.29) is 22.9 Å². The first-order valence-corrected chi connectivity index (χ1v) is 12.7. The fraction of sp³-hybridized carbons (Fsp3) is 0.600. The Balaban J connectivity index is 1.86. The van der Waals surface area contributed by atoms with Crippen LogP contribution in [0.3, 0.4) is 0 Å². The molecule has 160 valence electrons. The molecule has 2 heterocycles. The van der Waals surface area contributed by atoms with Crippen LogP contribution in [0.15, 0.2) is 28.3 Å². The summed E-state index contributed by atoms with van der Waals surface area (Å²) in [4.78, 5) is 19.6. The molecule has 7 nitrogen and oxygen atoms in total. The first kappa shape index (κ1) is 22.1. The lowest BCUT2D eigenvalue weighted by molar-refractivity contribution is -0.134. The van der Waals surface area contributed by atoms with Crippen LogP contribution in [0.5, 0.6) is 0 Å². The molecule has 1 aliphatic rings. The van der Waals surface area contributed by atoms with Crippen molar-refractivity contribution in [3.63, 3.8) is 0 Å². The molecule has 0 aliphatic carbocycles. The van der Waals surface area contributed by atoms with Crippen LogP contribution < -0.4 is 5.14 Å². The molecule has 1 aromatic carbocycles. The molecule has 1 aromatic heterocycles. The first-order valence-electron chi connectivity index (χ1n) is 10.2.